The number of methoxy groups -OCH3 is 1. The van der Waals surface area contributed by atoms with Crippen molar-refractivity contribution in [1.29, 1.82) is 0 Å². The van der Waals surface area contributed by atoms with E-state index < -0.39 is 96.3 Å². The summed E-state index contributed by atoms with van der Waals surface area (Å²) < 4.78 is 32.4. The normalized spacial score (nSPS) is 32.5. The largest absolute Gasteiger partial charge is 0.508 e. The zero-order chi connectivity index (χ0) is 32.0. The van der Waals surface area contributed by atoms with Gasteiger partial charge in [0.2, 0.25) is 17.5 Å². The van der Waals surface area contributed by atoms with E-state index in [4.69, 9.17) is 28.1 Å². The van der Waals surface area contributed by atoms with Gasteiger partial charge in [-0.15, -0.1) is 0 Å². The quantitative estimate of drug-likeness (QED) is 0.130. The fourth-order valence-electron chi connectivity index (χ4n) is 4.81. The van der Waals surface area contributed by atoms with Crippen LogP contribution in [0.15, 0.2) is 39.5 Å². The minimum Gasteiger partial charge on any atom is -0.508 e. The van der Waals surface area contributed by atoms with Crippen LogP contribution in [0.1, 0.15) is 0 Å². The van der Waals surface area contributed by atoms with Gasteiger partial charge < -0.3 is 79.2 Å². The van der Waals surface area contributed by atoms with Gasteiger partial charge in [0.1, 0.15) is 65.2 Å². The van der Waals surface area contributed by atoms with E-state index in [1.54, 1.807) is 0 Å². The fourth-order valence-corrected chi connectivity index (χ4v) is 4.81. The van der Waals surface area contributed by atoms with Gasteiger partial charge in [0.05, 0.1) is 13.7 Å². The van der Waals surface area contributed by atoms with Crippen LogP contribution in [0.2, 0.25) is 0 Å². The summed E-state index contributed by atoms with van der Waals surface area (Å²) in [5, 5.41) is 101. The Morgan fingerprint density at radius 1 is 0.773 bits per heavy atom. The van der Waals surface area contributed by atoms with Crippen molar-refractivity contribution in [1.82, 2.24) is 0 Å². The van der Waals surface area contributed by atoms with Gasteiger partial charge in [-0.2, -0.15) is 0 Å². The third-order valence-corrected chi connectivity index (χ3v) is 7.23. The Morgan fingerprint density at radius 2 is 1.45 bits per heavy atom. The summed E-state index contributed by atoms with van der Waals surface area (Å²) in [5.74, 6) is -2.41. The second-order valence-corrected chi connectivity index (χ2v) is 10.1. The third-order valence-electron chi connectivity index (χ3n) is 7.23. The molecule has 3 aromatic rings. The molecule has 0 radical (unpaired) electrons. The Bertz CT molecular complexity index is 1560. The van der Waals surface area contributed by atoms with E-state index in [-0.39, 0.29) is 28.4 Å². The highest BCUT2D eigenvalue weighted by Gasteiger charge is 2.48. The molecule has 0 bridgehead atoms. The van der Waals surface area contributed by atoms with Crippen LogP contribution in [0.25, 0.3) is 22.3 Å². The van der Waals surface area contributed by atoms with Crippen molar-refractivity contribution in [3.63, 3.8) is 0 Å². The summed E-state index contributed by atoms with van der Waals surface area (Å²) in [6.07, 6.45) is -18.4. The summed E-state index contributed by atoms with van der Waals surface area (Å²) in [5.41, 5.74) is -1.19. The molecule has 0 spiro atoms. The number of hydrogen-bond donors (Lipinski definition) is 10. The van der Waals surface area contributed by atoms with E-state index >= 15 is 0 Å². The Balaban J connectivity index is 1.49. The number of aliphatic hydroxyl groups is 7. The predicted molar refractivity (Wildman–Crippen MR) is 142 cm³/mol. The molecular weight excluding hydrogens is 596 g/mol. The fraction of sp³-hybridized carbons (Fsp3) is 0.444. The Morgan fingerprint density at radius 3 is 2.16 bits per heavy atom. The molecular formula is C27H30O17. The molecule has 0 amide bonds. The van der Waals surface area contributed by atoms with E-state index in [0.717, 1.165) is 12.1 Å². The number of hydrogen-bond acceptors (Lipinski definition) is 17. The molecule has 17 heteroatoms. The molecule has 0 unspecified atom stereocenters. The second kappa shape index (κ2) is 12.3. The Kier molecular flexibility index (Phi) is 8.87. The molecule has 5 rings (SSSR count). The lowest BCUT2D eigenvalue weighted by molar-refractivity contribution is -0.350. The minimum atomic E-state index is -1.98. The standard InChI is InChI=1S/C27H30O17/c1-39-12-4-8(2-3-10(12)29)23-24(17(32)15-11(30)5-9(28)6-13(15)41-23)43-27-22(37)18(33)16(31)14(42-27)7-40-26-21(36)19(34)20(35)25(38)44-26/h2-6,14,16,18-22,25-31,33-38H,7H2,1H3/t14-,16-,18+,19-,20-,21-,22-,25-,26-,27+/m1/s1. The maximum Gasteiger partial charge on any atom is 0.239 e. The molecule has 2 aliphatic rings. The average molecular weight is 627 g/mol. The summed E-state index contributed by atoms with van der Waals surface area (Å²) in [4.78, 5) is 13.6. The van der Waals surface area contributed by atoms with E-state index in [2.05, 4.69) is 0 Å². The van der Waals surface area contributed by atoms with Crippen LogP contribution in [0.5, 0.6) is 28.7 Å². The van der Waals surface area contributed by atoms with Gasteiger partial charge in [-0.1, -0.05) is 0 Å². The van der Waals surface area contributed by atoms with Gasteiger partial charge in [-0.05, 0) is 18.2 Å². The van der Waals surface area contributed by atoms with Gasteiger partial charge >= 0.3 is 0 Å². The lowest BCUT2D eigenvalue weighted by Crippen LogP contribution is -2.62. The SMILES string of the molecule is COc1cc(-c2oc3cc(O)cc(O)c3c(=O)c2O[C@@H]2O[C@H](CO[C@@H]3O[C@@H](O)[C@H](O)[C@@H](O)[C@H]3O)[C@@H](O)[C@H](O)[C@H]2O)ccc1O. The van der Waals surface area contributed by atoms with Crippen LogP contribution in [0.4, 0.5) is 0 Å². The maximum absolute atomic E-state index is 13.6. The van der Waals surface area contributed by atoms with Crippen molar-refractivity contribution < 1.29 is 79.2 Å². The first kappa shape index (κ1) is 31.7. The zero-order valence-electron chi connectivity index (χ0n) is 22.7. The monoisotopic (exact) mass is 626 g/mol. The molecule has 10 atom stereocenters. The molecule has 2 aromatic carbocycles. The Hall–Kier alpha value is -3.75. The third kappa shape index (κ3) is 5.73. The van der Waals surface area contributed by atoms with Crippen molar-refractivity contribution in [3.05, 3.63) is 40.6 Å². The highest BCUT2D eigenvalue weighted by atomic mass is 16.8. The molecule has 1 aromatic heterocycles. The summed E-state index contributed by atoms with van der Waals surface area (Å²) in [6, 6.07) is 5.74. The number of phenols is 3. The summed E-state index contributed by atoms with van der Waals surface area (Å²) >= 11 is 0. The van der Waals surface area contributed by atoms with Crippen molar-refractivity contribution in [3.8, 4) is 40.1 Å². The number of rotatable bonds is 7. The number of aromatic hydroxyl groups is 3. The number of fused-ring (bicyclic) bond motifs is 1. The van der Waals surface area contributed by atoms with Gasteiger partial charge in [0, 0.05) is 17.7 Å². The zero-order valence-corrected chi connectivity index (χ0v) is 22.7. The lowest BCUT2D eigenvalue weighted by atomic mass is 9.99. The van der Waals surface area contributed by atoms with Crippen LogP contribution in [-0.4, -0.2) is 126 Å². The topological polar surface area (TPSA) is 279 Å². The van der Waals surface area contributed by atoms with Gasteiger partial charge in [0.25, 0.3) is 0 Å². The Labute approximate surface area is 246 Å². The van der Waals surface area contributed by atoms with Gasteiger partial charge in [0.15, 0.2) is 29.8 Å². The molecule has 17 nitrogen and oxygen atoms in total. The van der Waals surface area contributed by atoms with Crippen LogP contribution in [0.3, 0.4) is 0 Å². The van der Waals surface area contributed by atoms with Crippen molar-refractivity contribution in [2.75, 3.05) is 13.7 Å². The van der Waals surface area contributed by atoms with Crippen molar-refractivity contribution >= 4 is 11.0 Å². The first-order valence-corrected chi connectivity index (χ1v) is 13.1. The summed E-state index contributed by atoms with van der Waals surface area (Å²) in [6.45, 7) is -0.698. The van der Waals surface area contributed by atoms with Crippen molar-refractivity contribution in [2.45, 2.75) is 61.6 Å². The first-order valence-electron chi connectivity index (χ1n) is 13.1. The van der Waals surface area contributed by atoms with E-state index in [1.807, 2.05) is 0 Å². The number of phenolic OH excluding ortho intramolecular Hbond substituents is 3. The molecule has 44 heavy (non-hydrogen) atoms. The predicted octanol–water partition coefficient (Wildman–Crippen LogP) is -2.45. The smallest absolute Gasteiger partial charge is 0.239 e. The molecule has 2 aliphatic heterocycles. The van der Waals surface area contributed by atoms with E-state index in [0.29, 0.717) is 0 Å². The minimum absolute atomic E-state index is 0.0328. The van der Waals surface area contributed by atoms with Crippen LogP contribution in [-0.2, 0) is 14.2 Å². The molecule has 0 saturated carbocycles. The second-order valence-electron chi connectivity index (χ2n) is 10.1. The molecule has 240 valence electrons. The first-order chi connectivity index (χ1) is 20.8. The van der Waals surface area contributed by atoms with Crippen LogP contribution < -0.4 is 14.9 Å². The van der Waals surface area contributed by atoms with Crippen LogP contribution in [0, 0.1) is 0 Å². The number of ether oxygens (including phenoxy) is 5. The van der Waals surface area contributed by atoms with Crippen molar-refractivity contribution in [2.24, 2.45) is 0 Å². The summed E-state index contributed by atoms with van der Waals surface area (Å²) in [7, 11) is 1.27. The van der Waals surface area contributed by atoms with E-state index in [1.165, 1.54) is 25.3 Å². The highest BCUT2D eigenvalue weighted by Crippen LogP contribution is 2.39. The lowest BCUT2D eigenvalue weighted by Gasteiger charge is -2.42. The molecule has 2 fully saturated rings. The van der Waals surface area contributed by atoms with Gasteiger partial charge in [-0.25, -0.2) is 0 Å². The maximum atomic E-state index is 13.6. The van der Waals surface area contributed by atoms with Gasteiger partial charge in [-0.3, -0.25) is 4.79 Å². The number of aliphatic hydroxyl groups excluding tert-OH is 7. The van der Waals surface area contributed by atoms with Crippen LogP contribution >= 0.6 is 0 Å². The molecule has 2 saturated heterocycles. The molecule has 10 N–H and O–H groups in total. The molecule has 0 aliphatic carbocycles. The number of benzene rings is 2. The highest BCUT2D eigenvalue weighted by molar-refractivity contribution is 5.88. The average Bonchev–Trinajstić information content (AvgIpc) is 2.98. The molecule has 3 heterocycles. The van der Waals surface area contributed by atoms with E-state index in [9.17, 15) is 55.9 Å².